The Morgan fingerprint density at radius 1 is 1.07 bits per heavy atom. The van der Waals surface area contributed by atoms with E-state index < -0.39 is 0 Å². The molecule has 6 heteroatoms. The fourth-order valence-corrected chi connectivity index (χ4v) is 4.67. The van der Waals surface area contributed by atoms with Crippen LogP contribution in [0.1, 0.15) is 44.1 Å². The lowest BCUT2D eigenvalue weighted by atomic mass is 10.1. The predicted octanol–water partition coefficient (Wildman–Crippen LogP) is 3.43. The summed E-state index contributed by atoms with van der Waals surface area (Å²) in [6, 6.07) is 4.68. The Morgan fingerprint density at radius 2 is 2.00 bits per heavy atom. The summed E-state index contributed by atoms with van der Waals surface area (Å²) in [6.07, 6.45) is 11.9. The highest BCUT2D eigenvalue weighted by Gasteiger charge is 2.22. The summed E-state index contributed by atoms with van der Waals surface area (Å²) < 4.78 is 2.31. The van der Waals surface area contributed by atoms with Crippen molar-refractivity contribution in [1.82, 2.24) is 24.4 Å². The summed E-state index contributed by atoms with van der Waals surface area (Å²) in [5, 5.41) is 1.03. The predicted molar refractivity (Wildman–Crippen MR) is 113 cm³/mol. The molecule has 1 atom stereocenters. The lowest BCUT2D eigenvalue weighted by Gasteiger charge is -2.19. The molecule has 1 saturated heterocycles. The molecule has 150 valence electrons. The molecule has 1 fully saturated rings. The number of imidazole rings is 1. The molecular weight excluding hydrogens is 362 g/mol. The number of carbonyl (C=O) groups is 1. The number of rotatable bonds is 5. The summed E-state index contributed by atoms with van der Waals surface area (Å²) in [4.78, 5) is 28.5. The number of aryl methyl sites for hydroxylation is 1. The lowest BCUT2D eigenvalue weighted by Crippen LogP contribution is -2.33. The second kappa shape index (κ2) is 7.67. The number of ketones is 1. The summed E-state index contributed by atoms with van der Waals surface area (Å²) in [7, 11) is 0. The van der Waals surface area contributed by atoms with Gasteiger partial charge in [0.2, 0.25) is 0 Å². The maximum Gasteiger partial charge on any atom is 0.152 e. The average Bonchev–Trinajstić information content (AvgIpc) is 3.34. The molecule has 0 spiro atoms. The van der Waals surface area contributed by atoms with E-state index in [-0.39, 0.29) is 5.78 Å². The Balaban J connectivity index is 1.38. The highest BCUT2D eigenvalue weighted by Crippen LogP contribution is 2.27. The molecule has 5 heterocycles. The minimum atomic E-state index is 0.236. The van der Waals surface area contributed by atoms with E-state index in [0.717, 1.165) is 47.4 Å². The molecule has 0 unspecified atom stereocenters. The number of fused-ring (bicyclic) bond motifs is 2. The molecule has 0 aromatic carbocycles. The topological polar surface area (TPSA) is 63.9 Å². The van der Waals surface area contributed by atoms with E-state index in [9.17, 15) is 4.79 Å². The van der Waals surface area contributed by atoms with Gasteiger partial charge in [0.05, 0.1) is 36.6 Å². The Bertz CT molecular complexity index is 1060. The third-order valence-electron chi connectivity index (χ3n) is 6.34. The van der Waals surface area contributed by atoms with Gasteiger partial charge in [-0.2, -0.15) is 0 Å². The highest BCUT2D eigenvalue weighted by atomic mass is 16.1. The van der Waals surface area contributed by atoms with Crippen molar-refractivity contribution in [2.45, 2.75) is 58.0 Å². The largest absolute Gasteiger partial charge is 0.328 e. The van der Waals surface area contributed by atoms with Gasteiger partial charge < -0.3 is 4.57 Å². The first-order valence-electron chi connectivity index (χ1n) is 10.7. The standard InChI is InChI=1S/C23H27N5O/c1-16-5-4-7-27(16)15-20(29)11-19-10-17-9-18(12-25-21(17)13-24-19)22-14-26-23-6-2-3-8-28(22)23/h9-10,12-14,16H,2-8,11,15H2,1H3/t16-/m1/s1. The van der Waals surface area contributed by atoms with Crippen LogP contribution in [0.4, 0.5) is 0 Å². The first-order valence-corrected chi connectivity index (χ1v) is 10.7. The first-order chi connectivity index (χ1) is 14.2. The SMILES string of the molecule is C[C@@H]1CCCN1CC(=O)Cc1cc2cc(-c3cnc4n3CCCC4)cnc2cn1. The second-order valence-electron chi connectivity index (χ2n) is 8.44. The van der Waals surface area contributed by atoms with Crippen LogP contribution in [0.2, 0.25) is 0 Å². The fourth-order valence-electron chi connectivity index (χ4n) is 4.67. The first kappa shape index (κ1) is 18.4. The molecule has 29 heavy (non-hydrogen) atoms. The minimum Gasteiger partial charge on any atom is -0.328 e. The molecule has 3 aromatic heterocycles. The lowest BCUT2D eigenvalue weighted by molar-refractivity contribution is -0.119. The number of Topliss-reactive ketones (excluding diaryl/α,β-unsaturated/α-hetero) is 1. The molecule has 3 aromatic rings. The third-order valence-corrected chi connectivity index (χ3v) is 6.34. The Kier molecular flexibility index (Phi) is 4.87. The molecule has 6 nitrogen and oxygen atoms in total. The van der Waals surface area contributed by atoms with Gasteiger partial charge in [0, 0.05) is 41.8 Å². The van der Waals surface area contributed by atoms with Crippen molar-refractivity contribution in [3.63, 3.8) is 0 Å². The number of aromatic nitrogens is 4. The highest BCUT2D eigenvalue weighted by molar-refractivity contribution is 5.86. The van der Waals surface area contributed by atoms with Crippen LogP contribution in [0.3, 0.4) is 0 Å². The van der Waals surface area contributed by atoms with Crippen LogP contribution in [0.15, 0.2) is 30.7 Å². The van der Waals surface area contributed by atoms with Crippen molar-refractivity contribution in [3.8, 4) is 11.3 Å². The van der Waals surface area contributed by atoms with Gasteiger partial charge in [-0.15, -0.1) is 0 Å². The van der Waals surface area contributed by atoms with E-state index in [1.54, 1.807) is 6.20 Å². The number of hydrogen-bond donors (Lipinski definition) is 0. The van der Waals surface area contributed by atoms with Crippen molar-refractivity contribution < 1.29 is 4.79 Å². The molecule has 0 amide bonds. The van der Waals surface area contributed by atoms with Gasteiger partial charge in [0.15, 0.2) is 5.78 Å². The summed E-state index contributed by atoms with van der Waals surface area (Å²) in [5.74, 6) is 1.41. The van der Waals surface area contributed by atoms with Gasteiger partial charge in [-0.1, -0.05) is 0 Å². The van der Waals surface area contributed by atoms with E-state index in [2.05, 4.69) is 37.4 Å². The maximum atomic E-state index is 12.6. The van der Waals surface area contributed by atoms with E-state index in [4.69, 9.17) is 0 Å². The van der Waals surface area contributed by atoms with Crippen LogP contribution in [0.5, 0.6) is 0 Å². The molecule has 5 rings (SSSR count). The van der Waals surface area contributed by atoms with Crippen molar-refractivity contribution in [1.29, 1.82) is 0 Å². The van der Waals surface area contributed by atoms with Crippen LogP contribution in [-0.2, 0) is 24.2 Å². The molecule has 0 saturated carbocycles. The molecule has 2 aliphatic heterocycles. The van der Waals surface area contributed by atoms with Gasteiger partial charge in [0.25, 0.3) is 0 Å². The number of pyridine rings is 2. The van der Waals surface area contributed by atoms with Crippen LogP contribution >= 0.6 is 0 Å². The van der Waals surface area contributed by atoms with Crippen LogP contribution in [0.25, 0.3) is 22.2 Å². The number of hydrogen-bond acceptors (Lipinski definition) is 5. The van der Waals surface area contributed by atoms with E-state index in [1.165, 1.54) is 31.5 Å². The monoisotopic (exact) mass is 389 g/mol. The quantitative estimate of drug-likeness (QED) is 0.669. The van der Waals surface area contributed by atoms with Crippen molar-refractivity contribution in [2.24, 2.45) is 0 Å². The van der Waals surface area contributed by atoms with Crippen LogP contribution in [0, 0.1) is 0 Å². The Morgan fingerprint density at radius 3 is 2.86 bits per heavy atom. The van der Waals surface area contributed by atoms with Crippen molar-refractivity contribution in [2.75, 3.05) is 13.1 Å². The van der Waals surface area contributed by atoms with Crippen molar-refractivity contribution in [3.05, 3.63) is 42.2 Å². The molecule has 0 aliphatic carbocycles. The zero-order chi connectivity index (χ0) is 19.8. The van der Waals surface area contributed by atoms with Crippen LogP contribution in [-0.4, -0.2) is 49.3 Å². The van der Waals surface area contributed by atoms with E-state index in [0.29, 0.717) is 19.0 Å². The molecule has 0 N–H and O–H groups in total. The summed E-state index contributed by atoms with van der Waals surface area (Å²) in [6.45, 7) is 4.78. The van der Waals surface area contributed by atoms with Gasteiger partial charge in [-0.05, 0) is 51.3 Å². The normalized spacial score (nSPS) is 19.6. The summed E-state index contributed by atoms with van der Waals surface area (Å²) >= 11 is 0. The Labute approximate surface area is 171 Å². The average molecular weight is 390 g/mol. The third kappa shape index (κ3) is 3.69. The van der Waals surface area contributed by atoms with E-state index in [1.807, 2.05) is 18.5 Å². The Hall–Kier alpha value is -2.60. The van der Waals surface area contributed by atoms with Crippen LogP contribution < -0.4 is 0 Å². The fraction of sp³-hybridized carbons (Fsp3) is 0.478. The van der Waals surface area contributed by atoms with Gasteiger partial charge in [0.1, 0.15) is 5.82 Å². The number of nitrogens with zero attached hydrogens (tertiary/aromatic N) is 5. The second-order valence-corrected chi connectivity index (χ2v) is 8.44. The number of likely N-dealkylation sites (tertiary alicyclic amines) is 1. The van der Waals surface area contributed by atoms with Gasteiger partial charge in [-0.25, -0.2) is 4.98 Å². The summed E-state index contributed by atoms with van der Waals surface area (Å²) in [5.41, 5.74) is 3.89. The van der Waals surface area contributed by atoms with Gasteiger partial charge >= 0.3 is 0 Å². The zero-order valence-corrected chi connectivity index (χ0v) is 17.0. The molecule has 0 bridgehead atoms. The zero-order valence-electron chi connectivity index (χ0n) is 17.0. The molecule has 2 aliphatic rings. The minimum absolute atomic E-state index is 0.236. The smallest absolute Gasteiger partial charge is 0.152 e. The van der Waals surface area contributed by atoms with Crippen molar-refractivity contribution >= 4 is 16.7 Å². The maximum absolute atomic E-state index is 12.6. The van der Waals surface area contributed by atoms with E-state index >= 15 is 0 Å². The molecule has 0 radical (unpaired) electrons. The number of carbonyl (C=O) groups excluding carboxylic acids is 1. The molecular formula is C23H27N5O. The van der Waals surface area contributed by atoms with Gasteiger partial charge in [-0.3, -0.25) is 19.7 Å².